The number of aromatic nitrogens is 2. The summed E-state index contributed by atoms with van der Waals surface area (Å²) in [5.41, 5.74) is 0. The van der Waals surface area contributed by atoms with Crippen LogP contribution >= 0.6 is 0 Å². The van der Waals surface area contributed by atoms with Gasteiger partial charge in [0.2, 0.25) is 0 Å². The zero-order valence-corrected chi connectivity index (χ0v) is 9.84. The van der Waals surface area contributed by atoms with Gasteiger partial charge < -0.3 is 17.3 Å². The van der Waals surface area contributed by atoms with Gasteiger partial charge in [-0.25, -0.2) is 4.57 Å². The summed E-state index contributed by atoms with van der Waals surface area (Å²) in [5, 5.41) is 0. The third-order valence-corrected chi connectivity index (χ3v) is 1.63. The number of aryl methyl sites for hydroxylation is 1. The minimum absolute atomic E-state index is 0.998. The van der Waals surface area contributed by atoms with Crippen LogP contribution in [0.2, 0.25) is 0 Å². The van der Waals surface area contributed by atoms with E-state index in [1.165, 1.54) is 12.8 Å². The zero-order chi connectivity index (χ0) is 13.3. The van der Waals surface area contributed by atoms with Gasteiger partial charge in [0.15, 0.2) is 0 Å². The SMILES string of the molecule is CCCCC#Cn1cc[n+](C)c1.F[B-](F)(F)F. The summed E-state index contributed by atoms with van der Waals surface area (Å²) in [6, 6.07) is 3.05. The Hall–Kier alpha value is -1.45. The molecule has 0 amide bonds. The molecule has 0 radical (unpaired) electrons. The van der Waals surface area contributed by atoms with Gasteiger partial charge in [-0.3, -0.25) is 0 Å². The van der Waals surface area contributed by atoms with Crippen molar-refractivity contribution in [2.45, 2.75) is 26.2 Å². The molecule has 0 atom stereocenters. The third kappa shape index (κ3) is 12.5. The first-order valence-corrected chi connectivity index (χ1v) is 5.22. The standard InChI is InChI=1S/C10H15N2.BF4/c1-3-4-5-6-7-12-9-8-11(2)10-12;2-1(3,4)5/h8-10H,3-5H2,1-2H3;/q+1;-1. The van der Waals surface area contributed by atoms with Crippen molar-refractivity contribution in [3.05, 3.63) is 18.7 Å². The molecular weight excluding hydrogens is 235 g/mol. The van der Waals surface area contributed by atoms with E-state index < -0.39 is 7.25 Å². The van der Waals surface area contributed by atoms with Crippen LogP contribution in [0.1, 0.15) is 26.2 Å². The molecule has 96 valence electrons. The van der Waals surface area contributed by atoms with Gasteiger partial charge >= 0.3 is 7.25 Å². The third-order valence-electron chi connectivity index (χ3n) is 1.63. The van der Waals surface area contributed by atoms with E-state index in [1.54, 1.807) is 0 Å². The summed E-state index contributed by atoms with van der Waals surface area (Å²) in [6.45, 7) is 2.18. The van der Waals surface area contributed by atoms with Crippen molar-refractivity contribution in [2.75, 3.05) is 0 Å². The lowest BCUT2D eigenvalue weighted by molar-refractivity contribution is -0.670. The van der Waals surface area contributed by atoms with Crippen LogP contribution in [0.5, 0.6) is 0 Å². The number of hydrogen-bond acceptors (Lipinski definition) is 0. The quantitative estimate of drug-likeness (QED) is 0.251. The predicted molar refractivity (Wildman–Crippen MR) is 58.5 cm³/mol. The zero-order valence-electron chi connectivity index (χ0n) is 9.84. The summed E-state index contributed by atoms with van der Waals surface area (Å²) in [5.74, 6) is 3.12. The Morgan fingerprint density at radius 3 is 2.29 bits per heavy atom. The van der Waals surface area contributed by atoms with E-state index in [0.717, 1.165) is 6.42 Å². The number of nitrogens with zero attached hydrogens (tertiary/aromatic N) is 2. The first-order chi connectivity index (χ1) is 7.83. The molecule has 2 nitrogen and oxygen atoms in total. The Morgan fingerprint density at radius 1 is 1.29 bits per heavy atom. The van der Waals surface area contributed by atoms with E-state index in [0.29, 0.717) is 0 Å². The van der Waals surface area contributed by atoms with Crippen molar-refractivity contribution in [1.29, 1.82) is 0 Å². The first kappa shape index (κ1) is 15.6. The van der Waals surface area contributed by atoms with Gasteiger partial charge in [0, 0.05) is 6.42 Å². The fourth-order valence-electron chi connectivity index (χ4n) is 0.929. The lowest BCUT2D eigenvalue weighted by atomic mass is 10.3. The molecule has 0 saturated heterocycles. The summed E-state index contributed by atoms with van der Waals surface area (Å²) in [7, 11) is -4.01. The van der Waals surface area contributed by atoms with Crippen molar-refractivity contribution < 1.29 is 21.8 Å². The molecule has 17 heavy (non-hydrogen) atoms. The van der Waals surface area contributed by atoms with Crippen LogP contribution < -0.4 is 4.57 Å². The normalized spacial score (nSPS) is 10.0. The molecule has 1 heterocycles. The number of rotatable bonds is 2. The number of hydrogen-bond donors (Lipinski definition) is 0. The van der Waals surface area contributed by atoms with E-state index in [9.17, 15) is 17.3 Å². The van der Waals surface area contributed by atoms with E-state index in [4.69, 9.17) is 0 Å². The predicted octanol–water partition coefficient (Wildman–Crippen LogP) is 2.61. The first-order valence-electron chi connectivity index (χ1n) is 5.22. The minimum Gasteiger partial charge on any atom is -0.418 e. The molecule has 1 aromatic heterocycles. The maximum Gasteiger partial charge on any atom is 0.673 e. The number of halogens is 4. The van der Waals surface area contributed by atoms with Gasteiger partial charge in [-0.1, -0.05) is 19.3 Å². The lowest BCUT2D eigenvalue weighted by Crippen LogP contribution is -2.23. The van der Waals surface area contributed by atoms with E-state index >= 15 is 0 Å². The molecule has 0 aromatic carbocycles. The van der Waals surface area contributed by atoms with E-state index in [1.807, 2.05) is 34.9 Å². The topological polar surface area (TPSA) is 8.81 Å². The van der Waals surface area contributed by atoms with Crippen molar-refractivity contribution in [3.8, 4) is 12.0 Å². The molecule has 0 aliphatic heterocycles. The second kappa shape index (κ2) is 7.77. The van der Waals surface area contributed by atoms with Gasteiger partial charge in [0.05, 0.1) is 7.05 Å². The molecular formula is C10H15BF4N2. The molecule has 0 N–H and O–H groups in total. The van der Waals surface area contributed by atoms with Gasteiger partial charge in [0.25, 0.3) is 6.33 Å². The Morgan fingerprint density at radius 2 is 1.88 bits per heavy atom. The molecule has 1 aromatic rings. The average Bonchev–Trinajstić information content (AvgIpc) is 2.56. The smallest absolute Gasteiger partial charge is 0.418 e. The molecule has 0 aliphatic carbocycles. The Balaban J connectivity index is 0.000000437. The molecule has 0 saturated carbocycles. The van der Waals surface area contributed by atoms with E-state index in [2.05, 4.69) is 18.9 Å². The van der Waals surface area contributed by atoms with Crippen LogP contribution in [0.3, 0.4) is 0 Å². The van der Waals surface area contributed by atoms with E-state index in [-0.39, 0.29) is 0 Å². The maximum absolute atomic E-state index is 9.75. The van der Waals surface area contributed by atoms with Crippen molar-refractivity contribution in [1.82, 2.24) is 4.57 Å². The van der Waals surface area contributed by atoms with Crippen LogP contribution in [0.4, 0.5) is 17.3 Å². The van der Waals surface area contributed by atoms with Gasteiger partial charge in [-0.15, -0.1) is 0 Å². The molecule has 0 spiro atoms. The second-order valence-corrected chi connectivity index (χ2v) is 3.37. The summed E-state index contributed by atoms with van der Waals surface area (Å²) in [4.78, 5) is 0. The summed E-state index contributed by atoms with van der Waals surface area (Å²) >= 11 is 0. The fourth-order valence-corrected chi connectivity index (χ4v) is 0.929. The van der Waals surface area contributed by atoms with Crippen molar-refractivity contribution >= 4 is 7.25 Å². The van der Waals surface area contributed by atoms with Gasteiger partial charge in [-0.05, 0) is 6.42 Å². The lowest BCUT2D eigenvalue weighted by Gasteiger charge is -1.94. The molecule has 7 heteroatoms. The largest absolute Gasteiger partial charge is 0.673 e. The summed E-state index contributed by atoms with van der Waals surface area (Å²) in [6.07, 6.45) is 9.30. The molecule has 1 rings (SSSR count). The van der Waals surface area contributed by atoms with Crippen LogP contribution in [0.25, 0.3) is 0 Å². The second-order valence-electron chi connectivity index (χ2n) is 3.37. The van der Waals surface area contributed by atoms with Crippen molar-refractivity contribution in [3.63, 3.8) is 0 Å². The van der Waals surface area contributed by atoms with Gasteiger partial charge in [0.1, 0.15) is 18.4 Å². The Bertz CT molecular complexity index is 370. The molecule has 0 aliphatic rings. The van der Waals surface area contributed by atoms with Crippen molar-refractivity contribution in [2.24, 2.45) is 7.05 Å². The van der Waals surface area contributed by atoms with Crippen LogP contribution in [-0.2, 0) is 7.05 Å². The van der Waals surface area contributed by atoms with Gasteiger partial charge in [-0.2, -0.15) is 4.57 Å². The monoisotopic (exact) mass is 250 g/mol. The molecule has 0 bridgehead atoms. The highest BCUT2D eigenvalue weighted by Gasteiger charge is 2.20. The number of imidazole rings is 1. The Labute approximate surface area is 98.4 Å². The Kier molecular flexibility index (Phi) is 7.11. The number of unbranched alkanes of at least 4 members (excludes halogenated alkanes) is 2. The highest BCUT2D eigenvalue weighted by molar-refractivity contribution is 6.50. The molecule has 0 fully saturated rings. The average molecular weight is 250 g/mol. The highest BCUT2D eigenvalue weighted by atomic mass is 19.5. The van der Waals surface area contributed by atoms with Crippen LogP contribution in [0.15, 0.2) is 18.7 Å². The van der Waals surface area contributed by atoms with Crippen LogP contribution in [-0.4, -0.2) is 11.8 Å². The summed E-state index contributed by atoms with van der Waals surface area (Å²) < 4.78 is 42.9. The fraction of sp³-hybridized carbons (Fsp3) is 0.500. The highest BCUT2D eigenvalue weighted by Crippen LogP contribution is 2.06. The minimum atomic E-state index is -6.00. The maximum atomic E-state index is 9.75. The molecule has 0 unspecified atom stereocenters. The van der Waals surface area contributed by atoms with Crippen LogP contribution in [0, 0.1) is 12.0 Å².